The fourth-order valence-corrected chi connectivity index (χ4v) is 2.91. The summed E-state index contributed by atoms with van der Waals surface area (Å²) >= 11 is 0. The molecule has 1 atom stereocenters. The number of anilines is 1. The fraction of sp³-hybridized carbons (Fsp3) is 0.385. The summed E-state index contributed by atoms with van der Waals surface area (Å²) in [5, 5.41) is 4.21. The highest BCUT2D eigenvalue weighted by molar-refractivity contribution is 7.89. The van der Waals surface area contributed by atoms with Crippen molar-refractivity contribution >= 4 is 27.4 Å². The van der Waals surface area contributed by atoms with Crippen LogP contribution in [-0.2, 0) is 14.8 Å². The topological polar surface area (TPSA) is 97.5 Å². The average molecular weight is 296 g/mol. The van der Waals surface area contributed by atoms with Crippen molar-refractivity contribution in [1.29, 1.82) is 0 Å². The number of hydrogen-bond donors (Lipinski definition) is 1. The van der Waals surface area contributed by atoms with E-state index in [0.29, 0.717) is 17.7 Å². The van der Waals surface area contributed by atoms with E-state index in [1.807, 2.05) is 0 Å². The van der Waals surface area contributed by atoms with E-state index in [0.717, 1.165) is 0 Å². The van der Waals surface area contributed by atoms with Gasteiger partial charge in [0.2, 0.25) is 15.9 Å². The Balaban J connectivity index is 2.21. The molecule has 1 saturated heterocycles. The highest BCUT2D eigenvalue weighted by Crippen LogP contribution is 2.24. The largest absolute Gasteiger partial charge is 0.311 e. The lowest BCUT2D eigenvalue weighted by atomic mass is 10.1. The first kappa shape index (κ1) is 14.7. The molecule has 1 unspecified atom stereocenters. The minimum Gasteiger partial charge on any atom is -0.311 e. The van der Waals surface area contributed by atoms with Gasteiger partial charge in [-0.2, -0.15) is 0 Å². The molecule has 0 aromatic heterocycles. The molecule has 1 amide bonds. The first-order valence-corrected chi connectivity index (χ1v) is 7.89. The standard InChI is InChI=1S/C13H16N2O4S/c1-2-12(16)9-3-5-10(6-4-9)15-8-11(7-13(15)17)20(14,18)19/h3-6,11H,2,7-8H2,1H3,(H2,14,18,19). The molecule has 0 aliphatic carbocycles. The molecule has 0 bridgehead atoms. The number of primary sulfonamides is 1. The van der Waals surface area contributed by atoms with Crippen molar-refractivity contribution < 1.29 is 18.0 Å². The normalized spacial score (nSPS) is 19.4. The number of amides is 1. The van der Waals surface area contributed by atoms with Gasteiger partial charge in [0.15, 0.2) is 5.78 Å². The molecule has 2 N–H and O–H groups in total. The molecule has 2 rings (SSSR count). The molecule has 20 heavy (non-hydrogen) atoms. The Labute approximate surface area is 117 Å². The Bertz CT molecular complexity index is 637. The Morgan fingerprint density at radius 3 is 2.40 bits per heavy atom. The molecule has 108 valence electrons. The molecule has 1 aromatic rings. The van der Waals surface area contributed by atoms with Gasteiger partial charge in [-0.05, 0) is 24.3 Å². The third kappa shape index (κ3) is 2.88. The second kappa shape index (κ2) is 5.34. The van der Waals surface area contributed by atoms with Crippen LogP contribution < -0.4 is 10.0 Å². The zero-order valence-corrected chi connectivity index (χ0v) is 11.9. The number of ketones is 1. The maximum Gasteiger partial charge on any atom is 0.228 e. The van der Waals surface area contributed by atoms with Crippen molar-refractivity contribution in [2.45, 2.75) is 25.0 Å². The number of rotatable bonds is 4. The van der Waals surface area contributed by atoms with E-state index < -0.39 is 15.3 Å². The molecular formula is C13H16N2O4S. The maximum absolute atomic E-state index is 11.8. The van der Waals surface area contributed by atoms with Gasteiger partial charge in [0.05, 0.1) is 0 Å². The van der Waals surface area contributed by atoms with Crippen LogP contribution in [0.3, 0.4) is 0 Å². The molecule has 1 heterocycles. The van der Waals surface area contributed by atoms with Crippen LogP contribution in [0.1, 0.15) is 30.1 Å². The zero-order valence-electron chi connectivity index (χ0n) is 11.1. The molecular weight excluding hydrogens is 280 g/mol. The summed E-state index contributed by atoms with van der Waals surface area (Å²) in [6.45, 7) is 1.83. The van der Waals surface area contributed by atoms with E-state index >= 15 is 0 Å². The first-order valence-electron chi connectivity index (χ1n) is 6.28. The number of benzene rings is 1. The average Bonchev–Trinajstić information content (AvgIpc) is 2.80. The molecule has 0 spiro atoms. The van der Waals surface area contributed by atoms with Gasteiger partial charge in [0, 0.05) is 30.6 Å². The van der Waals surface area contributed by atoms with Crippen molar-refractivity contribution in [3.8, 4) is 0 Å². The Morgan fingerprint density at radius 1 is 1.35 bits per heavy atom. The first-order chi connectivity index (χ1) is 9.32. The van der Waals surface area contributed by atoms with E-state index in [9.17, 15) is 18.0 Å². The van der Waals surface area contributed by atoms with E-state index in [-0.39, 0.29) is 24.7 Å². The van der Waals surface area contributed by atoms with Crippen LogP contribution in [0.5, 0.6) is 0 Å². The second-order valence-corrected chi connectivity index (χ2v) is 6.59. The number of Topliss-reactive ketones (excluding diaryl/α,β-unsaturated/α-hetero) is 1. The van der Waals surface area contributed by atoms with Gasteiger partial charge < -0.3 is 4.90 Å². The maximum atomic E-state index is 11.8. The van der Waals surface area contributed by atoms with Gasteiger partial charge in [-0.1, -0.05) is 6.92 Å². The number of nitrogens with zero attached hydrogens (tertiary/aromatic N) is 1. The van der Waals surface area contributed by atoms with Gasteiger partial charge in [-0.25, -0.2) is 13.6 Å². The van der Waals surface area contributed by atoms with Crippen molar-refractivity contribution in [3.05, 3.63) is 29.8 Å². The number of carbonyl (C=O) groups excluding carboxylic acids is 2. The minimum absolute atomic E-state index is 0.0201. The van der Waals surface area contributed by atoms with E-state index in [1.54, 1.807) is 31.2 Å². The van der Waals surface area contributed by atoms with Gasteiger partial charge in [0.1, 0.15) is 5.25 Å². The molecule has 0 radical (unpaired) electrons. The monoisotopic (exact) mass is 296 g/mol. The summed E-state index contributed by atoms with van der Waals surface area (Å²) in [5.41, 5.74) is 1.15. The quantitative estimate of drug-likeness (QED) is 0.826. The smallest absolute Gasteiger partial charge is 0.228 e. The van der Waals surface area contributed by atoms with Gasteiger partial charge >= 0.3 is 0 Å². The van der Waals surface area contributed by atoms with Crippen molar-refractivity contribution in [1.82, 2.24) is 0 Å². The lowest BCUT2D eigenvalue weighted by molar-refractivity contribution is -0.117. The Hall–Kier alpha value is -1.73. The summed E-state index contributed by atoms with van der Waals surface area (Å²) in [5.74, 6) is -0.259. The predicted molar refractivity (Wildman–Crippen MR) is 74.9 cm³/mol. The number of carbonyl (C=O) groups is 2. The van der Waals surface area contributed by atoms with Crippen LogP contribution in [0.15, 0.2) is 24.3 Å². The summed E-state index contributed by atoms with van der Waals surface area (Å²) in [6.07, 6.45) is 0.309. The van der Waals surface area contributed by atoms with Crippen LogP contribution in [-0.4, -0.2) is 31.9 Å². The minimum atomic E-state index is -3.72. The molecule has 6 nitrogen and oxygen atoms in total. The lowest BCUT2D eigenvalue weighted by Crippen LogP contribution is -2.32. The highest BCUT2D eigenvalue weighted by Gasteiger charge is 2.37. The van der Waals surface area contributed by atoms with E-state index in [1.165, 1.54) is 4.90 Å². The Kier molecular flexibility index (Phi) is 3.92. The highest BCUT2D eigenvalue weighted by atomic mass is 32.2. The summed E-state index contributed by atoms with van der Waals surface area (Å²) < 4.78 is 22.6. The number of sulfonamides is 1. The third-order valence-electron chi connectivity index (χ3n) is 3.38. The van der Waals surface area contributed by atoms with Crippen molar-refractivity contribution in [2.75, 3.05) is 11.4 Å². The number of nitrogens with two attached hydrogens (primary N) is 1. The summed E-state index contributed by atoms with van der Waals surface area (Å²) in [7, 11) is -3.72. The van der Waals surface area contributed by atoms with Gasteiger partial charge in [0.25, 0.3) is 0 Å². The van der Waals surface area contributed by atoms with Crippen LogP contribution in [0.25, 0.3) is 0 Å². The van der Waals surface area contributed by atoms with Crippen LogP contribution in [0, 0.1) is 0 Å². The van der Waals surface area contributed by atoms with Gasteiger partial charge in [-0.15, -0.1) is 0 Å². The van der Waals surface area contributed by atoms with Crippen LogP contribution in [0.4, 0.5) is 5.69 Å². The van der Waals surface area contributed by atoms with E-state index in [2.05, 4.69) is 0 Å². The molecule has 1 aliphatic heterocycles. The molecule has 1 aromatic carbocycles. The van der Waals surface area contributed by atoms with Crippen molar-refractivity contribution in [3.63, 3.8) is 0 Å². The Morgan fingerprint density at radius 2 is 1.95 bits per heavy atom. The van der Waals surface area contributed by atoms with E-state index in [4.69, 9.17) is 5.14 Å². The van der Waals surface area contributed by atoms with Crippen LogP contribution >= 0.6 is 0 Å². The summed E-state index contributed by atoms with van der Waals surface area (Å²) in [6, 6.07) is 6.57. The summed E-state index contributed by atoms with van der Waals surface area (Å²) in [4.78, 5) is 24.7. The van der Waals surface area contributed by atoms with Crippen LogP contribution in [0.2, 0.25) is 0 Å². The third-order valence-corrected chi connectivity index (χ3v) is 4.62. The lowest BCUT2D eigenvalue weighted by Gasteiger charge is -2.16. The van der Waals surface area contributed by atoms with Gasteiger partial charge in [-0.3, -0.25) is 9.59 Å². The zero-order chi connectivity index (χ0) is 14.9. The molecule has 1 aliphatic rings. The molecule has 7 heteroatoms. The molecule has 1 fully saturated rings. The number of hydrogen-bond acceptors (Lipinski definition) is 4. The predicted octanol–water partition coefficient (Wildman–Crippen LogP) is 0.673. The second-order valence-electron chi connectivity index (χ2n) is 4.74. The fourth-order valence-electron chi connectivity index (χ4n) is 2.18. The molecule has 0 saturated carbocycles. The van der Waals surface area contributed by atoms with Crippen molar-refractivity contribution in [2.24, 2.45) is 5.14 Å². The SMILES string of the molecule is CCC(=O)c1ccc(N2CC(S(N)(=O)=O)CC2=O)cc1.